The number of likely N-dealkylation sites (tertiary alicyclic amines) is 1. The molecule has 1 amide bonds. The zero-order valence-corrected chi connectivity index (χ0v) is 30.1. The van der Waals surface area contributed by atoms with Crippen molar-refractivity contribution in [1.29, 1.82) is 0 Å². The third kappa shape index (κ3) is 8.73. The van der Waals surface area contributed by atoms with Crippen LogP contribution in [0.2, 0.25) is 0 Å². The minimum Gasteiger partial charge on any atom is -0.466 e. The number of hydrogen-bond acceptors (Lipinski definition) is 5. The molecule has 0 spiro atoms. The topological polar surface area (TPSA) is 80.6 Å². The zero-order chi connectivity index (χ0) is 38.1. The van der Waals surface area contributed by atoms with Crippen LogP contribution in [-0.2, 0) is 26.9 Å². The quantitative estimate of drug-likeness (QED) is 0.134. The number of carbonyl (C=O) groups excluding carboxylic acids is 2. The third-order valence-electron chi connectivity index (χ3n) is 9.84. The van der Waals surface area contributed by atoms with Gasteiger partial charge in [0.05, 0.1) is 24.6 Å². The molecule has 52 heavy (non-hydrogen) atoms. The lowest BCUT2D eigenvalue weighted by Gasteiger charge is -2.31. The fourth-order valence-electron chi connectivity index (χ4n) is 7.05. The summed E-state index contributed by atoms with van der Waals surface area (Å²) in [4.78, 5) is 42.6. The summed E-state index contributed by atoms with van der Waals surface area (Å²) < 4.78 is 96.1. The van der Waals surface area contributed by atoms with Crippen LogP contribution < -0.4 is 10.9 Å². The minimum absolute atomic E-state index is 0.0128. The van der Waals surface area contributed by atoms with Gasteiger partial charge in [-0.1, -0.05) is 13.8 Å². The van der Waals surface area contributed by atoms with E-state index in [1.54, 1.807) is 34.6 Å². The van der Waals surface area contributed by atoms with Crippen LogP contribution in [0.3, 0.4) is 0 Å². The summed E-state index contributed by atoms with van der Waals surface area (Å²) in [6.45, 7) is 10.0. The number of alkyl halides is 3. The van der Waals surface area contributed by atoms with Crippen molar-refractivity contribution in [1.82, 2.24) is 14.8 Å². The highest BCUT2D eigenvalue weighted by atomic mass is 19.4. The van der Waals surface area contributed by atoms with Gasteiger partial charge in [0, 0.05) is 29.9 Å². The first-order chi connectivity index (χ1) is 24.5. The van der Waals surface area contributed by atoms with Crippen molar-refractivity contribution in [2.24, 2.45) is 5.92 Å². The van der Waals surface area contributed by atoms with Crippen molar-refractivity contribution in [3.8, 4) is 11.1 Å². The van der Waals surface area contributed by atoms with E-state index in [0.717, 1.165) is 30.3 Å². The number of benzene rings is 2. The van der Waals surface area contributed by atoms with E-state index in [0.29, 0.717) is 42.1 Å². The molecule has 282 valence electrons. The fourth-order valence-corrected chi connectivity index (χ4v) is 7.05. The molecular formula is C39H45F6N3O4. The Morgan fingerprint density at radius 2 is 1.65 bits per heavy atom. The second kappa shape index (κ2) is 15.9. The number of halogens is 6. The van der Waals surface area contributed by atoms with E-state index >= 15 is 8.78 Å². The first kappa shape index (κ1) is 39.1. The highest BCUT2D eigenvalue weighted by Gasteiger charge is 2.38. The van der Waals surface area contributed by atoms with Crippen molar-refractivity contribution in [3.63, 3.8) is 0 Å². The lowest BCUT2D eigenvalue weighted by Crippen LogP contribution is -2.41. The van der Waals surface area contributed by atoms with Gasteiger partial charge in [0.1, 0.15) is 23.5 Å². The Morgan fingerprint density at radius 1 is 1.00 bits per heavy atom. The Hall–Kier alpha value is -4.13. The monoisotopic (exact) mass is 733 g/mol. The summed E-state index contributed by atoms with van der Waals surface area (Å²) in [5.41, 5.74) is -1.63. The molecule has 13 heteroatoms. The predicted octanol–water partition coefficient (Wildman–Crippen LogP) is 8.09. The molecule has 1 aromatic heterocycles. The van der Waals surface area contributed by atoms with Crippen LogP contribution in [-0.4, -0.2) is 47.6 Å². The number of nitrogens with one attached hydrogen (secondary N) is 1. The van der Waals surface area contributed by atoms with E-state index in [9.17, 15) is 31.9 Å². The van der Waals surface area contributed by atoms with Gasteiger partial charge in [-0.05, 0) is 124 Å². The molecule has 1 unspecified atom stereocenters. The molecule has 1 aliphatic carbocycles. The molecular weight excluding hydrogens is 688 g/mol. The van der Waals surface area contributed by atoms with Crippen LogP contribution in [0.4, 0.5) is 26.3 Å². The largest absolute Gasteiger partial charge is 0.466 e. The van der Waals surface area contributed by atoms with Crippen LogP contribution in [0.1, 0.15) is 104 Å². The molecule has 1 saturated heterocycles. The molecule has 3 aromatic rings. The Labute approximate surface area is 299 Å². The molecule has 2 aromatic carbocycles. The smallest absolute Gasteiger partial charge is 0.416 e. The summed E-state index contributed by atoms with van der Waals surface area (Å²) in [6.07, 6.45) is -2.28. The second-order valence-corrected chi connectivity index (χ2v) is 14.4. The summed E-state index contributed by atoms with van der Waals surface area (Å²) in [6, 6.07) is 1.33. The summed E-state index contributed by atoms with van der Waals surface area (Å²) >= 11 is 0. The molecule has 1 N–H and O–H groups in total. The normalized spacial score (nSPS) is 16.1. The number of nitrogens with zero attached hydrogens (tertiary/aromatic N) is 2. The van der Waals surface area contributed by atoms with E-state index < -0.39 is 70.7 Å². The number of aryl methyl sites for hydroxylation is 2. The van der Waals surface area contributed by atoms with Gasteiger partial charge in [0.15, 0.2) is 0 Å². The summed E-state index contributed by atoms with van der Waals surface area (Å²) in [5.74, 6) is -4.81. The molecule has 2 atom stereocenters. The number of amides is 1. The zero-order valence-electron chi connectivity index (χ0n) is 30.1. The maximum Gasteiger partial charge on any atom is 0.416 e. The highest BCUT2D eigenvalue weighted by Crippen LogP contribution is 2.46. The first-order valence-electron chi connectivity index (χ1n) is 17.8. The van der Waals surface area contributed by atoms with Gasteiger partial charge in [-0.25, -0.2) is 13.2 Å². The number of ether oxygens (including phenoxy) is 1. The van der Waals surface area contributed by atoms with Gasteiger partial charge in [0.25, 0.3) is 5.56 Å². The Kier molecular flexibility index (Phi) is 11.9. The van der Waals surface area contributed by atoms with E-state index in [2.05, 4.69) is 5.32 Å². The molecule has 1 saturated carbocycles. The van der Waals surface area contributed by atoms with Crippen molar-refractivity contribution < 1.29 is 40.7 Å². The van der Waals surface area contributed by atoms with Gasteiger partial charge in [-0.3, -0.25) is 14.4 Å². The van der Waals surface area contributed by atoms with E-state index in [1.807, 2.05) is 4.90 Å². The molecule has 2 fully saturated rings. The maximum atomic E-state index is 16.9. The second-order valence-electron chi connectivity index (χ2n) is 14.4. The first-order valence-corrected chi connectivity index (χ1v) is 17.8. The Bertz CT molecular complexity index is 1860. The molecule has 2 heterocycles. The van der Waals surface area contributed by atoms with Gasteiger partial charge in [-0.2, -0.15) is 13.2 Å². The molecule has 1 aliphatic heterocycles. The summed E-state index contributed by atoms with van der Waals surface area (Å²) in [7, 11) is 0. The number of pyridine rings is 1. The highest BCUT2D eigenvalue weighted by molar-refractivity contribution is 5.82. The SMILES string of the molecule is CCOC(=O)C[C@H](NC(=O)C(CC(C)C)n1cc(CCN2CCC2)c(C(F)(F)F)cc1=O)c1c(F)c(-c2c(C)cc(F)cc2C)cc(C2CC2)c1F. The van der Waals surface area contributed by atoms with Crippen LogP contribution in [0.15, 0.2) is 35.3 Å². The molecule has 0 bridgehead atoms. The minimum atomic E-state index is -4.82. The molecule has 7 nitrogen and oxygen atoms in total. The van der Waals surface area contributed by atoms with E-state index in [-0.39, 0.29) is 48.0 Å². The van der Waals surface area contributed by atoms with Gasteiger partial charge in [-0.15, -0.1) is 0 Å². The van der Waals surface area contributed by atoms with Crippen molar-refractivity contribution >= 4 is 11.9 Å². The lowest BCUT2D eigenvalue weighted by atomic mass is 9.88. The average molecular weight is 734 g/mol. The predicted molar refractivity (Wildman–Crippen MR) is 184 cm³/mol. The number of hydrogen-bond donors (Lipinski definition) is 1. The number of esters is 1. The number of carbonyl (C=O) groups is 2. The van der Waals surface area contributed by atoms with Crippen molar-refractivity contribution in [2.75, 3.05) is 26.2 Å². The third-order valence-corrected chi connectivity index (χ3v) is 9.84. The average Bonchev–Trinajstić information content (AvgIpc) is 3.85. The standard InChI is InChI=1S/C39H45F6N3O4/c1-6-52-33(50)19-30(35-36(41)27(24-8-9-24)17-28(37(35)42)34-22(4)15-26(40)16-23(34)5)46-38(51)31(14-21(2)3)48-20-25(10-13-47-11-7-12-47)29(18-32(48)49)39(43,44)45/h15-18,20-21,24,30-31H,6-14,19H2,1-5H3,(H,46,51)/t30-,31?/m0/s1. The van der Waals surface area contributed by atoms with Crippen LogP contribution in [0.5, 0.6) is 0 Å². The van der Waals surface area contributed by atoms with Crippen molar-refractivity contribution in [3.05, 3.63) is 91.6 Å². The Morgan fingerprint density at radius 3 is 2.19 bits per heavy atom. The fraction of sp³-hybridized carbons (Fsp3) is 0.513. The van der Waals surface area contributed by atoms with E-state index in [4.69, 9.17) is 4.74 Å². The van der Waals surface area contributed by atoms with Crippen molar-refractivity contribution in [2.45, 2.75) is 97.3 Å². The van der Waals surface area contributed by atoms with Gasteiger partial charge < -0.3 is 19.5 Å². The van der Waals surface area contributed by atoms with Gasteiger partial charge in [0.2, 0.25) is 5.91 Å². The number of aromatic nitrogens is 1. The molecule has 2 aliphatic rings. The van der Waals surface area contributed by atoms with E-state index in [1.165, 1.54) is 18.2 Å². The van der Waals surface area contributed by atoms with Crippen LogP contribution in [0, 0.1) is 37.2 Å². The van der Waals surface area contributed by atoms with Gasteiger partial charge >= 0.3 is 12.1 Å². The summed E-state index contributed by atoms with van der Waals surface area (Å²) in [5, 5.41) is 2.60. The number of rotatable bonds is 14. The lowest BCUT2D eigenvalue weighted by molar-refractivity contribution is -0.144. The van der Waals surface area contributed by atoms with Crippen LogP contribution in [0.25, 0.3) is 11.1 Å². The maximum absolute atomic E-state index is 16.9. The molecule has 5 rings (SSSR count). The molecule has 0 radical (unpaired) electrons. The Balaban J connectivity index is 1.62. The van der Waals surface area contributed by atoms with Crippen LogP contribution >= 0.6 is 0 Å².